The first-order valence-electron chi connectivity index (χ1n) is 9.50. The van der Waals surface area contributed by atoms with Crippen molar-refractivity contribution in [2.75, 3.05) is 0 Å². The van der Waals surface area contributed by atoms with Gasteiger partial charge in [0.25, 0.3) is 0 Å². The number of hydrogen-bond acceptors (Lipinski definition) is 3. The average molecular weight is 367 g/mol. The summed E-state index contributed by atoms with van der Waals surface area (Å²) in [6.07, 6.45) is 10.3. The molecule has 4 heteroatoms. The highest BCUT2D eigenvalue weighted by molar-refractivity contribution is 5.79. The SMILES string of the molecule is C=CC[C@@H](Cc1cccnc1)C(=O)NC(C)(C)O.c1ccc2c(c1)CCC2. The molecule has 1 amide bonds. The molecule has 0 bridgehead atoms. The van der Waals surface area contributed by atoms with E-state index in [0.29, 0.717) is 12.8 Å². The van der Waals surface area contributed by atoms with Crippen LogP contribution >= 0.6 is 0 Å². The number of nitrogens with one attached hydrogen (secondary N) is 1. The van der Waals surface area contributed by atoms with Crippen molar-refractivity contribution in [2.45, 2.75) is 51.7 Å². The molecule has 0 aliphatic heterocycles. The van der Waals surface area contributed by atoms with E-state index in [2.05, 4.69) is 41.1 Å². The highest BCUT2D eigenvalue weighted by atomic mass is 16.3. The second kappa shape index (κ2) is 10.0. The number of benzene rings is 1. The number of aliphatic hydroxyl groups is 1. The highest BCUT2D eigenvalue weighted by Crippen LogP contribution is 2.20. The molecule has 1 aliphatic carbocycles. The molecule has 1 aliphatic rings. The van der Waals surface area contributed by atoms with Crippen molar-refractivity contribution in [1.82, 2.24) is 10.3 Å². The Hall–Kier alpha value is -2.46. The van der Waals surface area contributed by atoms with Gasteiger partial charge in [0.1, 0.15) is 5.72 Å². The number of carbonyl (C=O) groups excluding carboxylic acids is 1. The van der Waals surface area contributed by atoms with E-state index in [0.717, 1.165) is 5.56 Å². The molecule has 0 spiro atoms. The molecular weight excluding hydrogens is 336 g/mol. The van der Waals surface area contributed by atoms with E-state index in [1.165, 1.54) is 19.3 Å². The molecule has 3 rings (SSSR count). The Morgan fingerprint density at radius 3 is 2.44 bits per heavy atom. The second-order valence-electron chi connectivity index (χ2n) is 7.46. The fraction of sp³-hybridized carbons (Fsp3) is 0.391. The van der Waals surface area contributed by atoms with Gasteiger partial charge in [-0.1, -0.05) is 36.4 Å². The van der Waals surface area contributed by atoms with Crippen LogP contribution in [0.25, 0.3) is 0 Å². The van der Waals surface area contributed by atoms with Gasteiger partial charge in [-0.3, -0.25) is 9.78 Å². The van der Waals surface area contributed by atoms with E-state index in [9.17, 15) is 9.90 Å². The van der Waals surface area contributed by atoms with Crippen molar-refractivity contribution >= 4 is 5.91 Å². The van der Waals surface area contributed by atoms with Crippen LogP contribution in [0.1, 0.15) is 43.4 Å². The molecule has 4 nitrogen and oxygen atoms in total. The summed E-state index contributed by atoms with van der Waals surface area (Å²) in [5.74, 6) is -0.413. The number of fused-ring (bicyclic) bond motifs is 1. The molecule has 0 saturated carbocycles. The van der Waals surface area contributed by atoms with Gasteiger partial charge < -0.3 is 10.4 Å². The number of nitrogens with zero attached hydrogens (tertiary/aromatic N) is 1. The number of allylic oxidation sites excluding steroid dienone is 1. The zero-order chi connectivity index (χ0) is 19.7. The monoisotopic (exact) mass is 366 g/mol. The predicted octanol–water partition coefficient (Wildman–Crippen LogP) is 3.84. The van der Waals surface area contributed by atoms with Gasteiger partial charge in [0.05, 0.1) is 0 Å². The second-order valence-corrected chi connectivity index (χ2v) is 7.46. The maximum atomic E-state index is 12.0. The first-order valence-corrected chi connectivity index (χ1v) is 9.50. The summed E-state index contributed by atoms with van der Waals surface area (Å²) in [4.78, 5) is 16.0. The fourth-order valence-corrected chi connectivity index (χ4v) is 3.21. The van der Waals surface area contributed by atoms with Crippen molar-refractivity contribution in [3.8, 4) is 0 Å². The van der Waals surface area contributed by atoms with Crippen LogP contribution in [0.15, 0.2) is 61.4 Å². The Bertz CT molecular complexity index is 713. The van der Waals surface area contributed by atoms with Crippen LogP contribution in [0.3, 0.4) is 0 Å². The fourth-order valence-electron chi connectivity index (χ4n) is 3.21. The van der Waals surface area contributed by atoms with Gasteiger partial charge in [-0.15, -0.1) is 6.58 Å². The number of aromatic nitrogens is 1. The number of hydrogen-bond donors (Lipinski definition) is 2. The van der Waals surface area contributed by atoms with E-state index in [1.807, 2.05) is 12.1 Å². The van der Waals surface area contributed by atoms with Gasteiger partial charge in [-0.05, 0) is 68.7 Å². The van der Waals surface area contributed by atoms with Crippen molar-refractivity contribution in [3.05, 3.63) is 78.1 Å². The Kier molecular flexibility index (Phi) is 7.74. The number of pyridine rings is 1. The Morgan fingerprint density at radius 1 is 1.26 bits per heavy atom. The lowest BCUT2D eigenvalue weighted by Gasteiger charge is -2.23. The van der Waals surface area contributed by atoms with Gasteiger partial charge >= 0.3 is 0 Å². The summed E-state index contributed by atoms with van der Waals surface area (Å²) in [5, 5.41) is 12.2. The standard InChI is InChI=1S/C14H20N2O2.C9H10/c1-4-6-12(13(17)16-14(2,3)18)9-11-7-5-8-15-10-11;1-2-5-9-7-3-6-8(9)4-1/h4-5,7-8,10,12,18H,1,6,9H2,2-3H3,(H,16,17);1-2,4-5H,3,6-7H2/t12-;/m0./s1. The molecule has 0 radical (unpaired) electrons. The quantitative estimate of drug-likeness (QED) is 0.603. The maximum Gasteiger partial charge on any atom is 0.225 e. The van der Waals surface area contributed by atoms with Crippen LogP contribution < -0.4 is 5.32 Å². The van der Waals surface area contributed by atoms with Crippen molar-refractivity contribution < 1.29 is 9.90 Å². The average Bonchev–Trinajstić information content (AvgIpc) is 3.10. The van der Waals surface area contributed by atoms with Crippen LogP contribution in [0.2, 0.25) is 0 Å². The summed E-state index contributed by atoms with van der Waals surface area (Å²) in [7, 11) is 0. The zero-order valence-corrected chi connectivity index (χ0v) is 16.3. The molecule has 0 unspecified atom stereocenters. The van der Waals surface area contributed by atoms with Crippen LogP contribution in [0.4, 0.5) is 0 Å². The lowest BCUT2D eigenvalue weighted by atomic mass is 9.96. The first-order chi connectivity index (χ1) is 12.9. The molecule has 0 fully saturated rings. The number of aryl methyl sites for hydroxylation is 2. The van der Waals surface area contributed by atoms with Gasteiger partial charge in [0.2, 0.25) is 5.91 Å². The summed E-state index contributed by atoms with van der Waals surface area (Å²) in [6, 6.07) is 12.5. The van der Waals surface area contributed by atoms with E-state index in [-0.39, 0.29) is 11.8 Å². The van der Waals surface area contributed by atoms with Crippen LogP contribution in [-0.2, 0) is 24.1 Å². The van der Waals surface area contributed by atoms with Crippen LogP contribution in [0.5, 0.6) is 0 Å². The molecule has 1 aromatic heterocycles. The molecule has 1 atom stereocenters. The van der Waals surface area contributed by atoms with Gasteiger partial charge in [-0.25, -0.2) is 0 Å². The number of rotatable bonds is 6. The zero-order valence-electron chi connectivity index (χ0n) is 16.3. The van der Waals surface area contributed by atoms with E-state index >= 15 is 0 Å². The Labute approximate surface area is 162 Å². The molecule has 1 aromatic carbocycles. The molecule has 1 heterocycles. The summed E-state index contributed by atoms with van der Waals surface area (Å²) < 4.78 is 0. The number of carbonyl (C=O) groups is 1. The molecule has 2 N–H and O–H groups in total. The minimum absolute atomic E-state index is 0.175. The van der Waals surface area contributed by atoms with Crippen LogP contribution in [-0.4, -0.2) is 21.7 Å². The minimum atomic E-state index is -1.20. The van der Waals surface area contributed by atoms with Crippen molar-refractivity contribution in [2.24, 2.45) is 5.92 Å². The van der Waals surface area contributed by atoms with Gasteiger partial charge in [0.15, 0.2) is 0 Å². The summed E-state index contributed by atoms with van der Waals surface area (Å²) in [5.41, 5.74) is 2.93. The van der Waals surface area contributed by atoms with Crippen LogP contribution in [0, 0.1) is 5.92 Å². The largest absolute Gasteiger partial charge is 0.372 e. The van der Waals surface area contributed by atoms with Gasteiger partial charge in [-0.2, -0.15) is 0 Å². The molecule has 27 heavy (non-hydrogen) atoms. The van der Waals surface area contributed by atoms with Crippen molar-refractivity contribution in [3.63, 3.8) is 0 Å². The van der Waals surface area contributed by atoms with E-state index < -0.39 is 5.72 Å². The third-order valence-corrected chi connectivity index (χ3v) is 4.47. The van der Waals surface area contributed by atoms with Crippen molar-refractivity contribution in [1.29, 1.82) is 0 Å². The summed E-state index contributed by atoms with van der Waals surface area (Å²) >= 11 is 0. The normalized spacial score (nSPS) is 13.7. The predicted molar refractivity (Wildman–Crippen MR) is 109 cm³/mol. The third kappa shape index (κ3) is 7.35. The highest BCUT2D eigenvalue weighted by Gasteiger charge is 2.23. The van der Waals surface area contributed by atoms with Gasteiger partial charge in [0, 0.05) is 18.3 Å². The molecule has 144 valence electrons. The van der Waals surface area contributed by atoms with E-state index in [1.54, 1.807) is 43.4 Å². The maximum absolute atomic E-state index is 12.0. The lowest BCUT2D eigenvalue weighted by Crippen LogP contribution is -2.46. The smallest absolute Gasteiger partial charge is 0.225 e. The molecule has 2 aromatic rings. The topological polar surface area (TPSA) is 62.2 Å². The summed E-state index contributed by atoms with van der Waals surface area (Å²) in [6.45, 7) is 6.75. The number of amides is 1. The minimum Gasteiger partial charge on any atom is -0.372 e. The van der Waals surface area contributed by atoms with E-state index in [4.69, 9.17) is 0 Å². The first kappa shape index (κ1) is 20.8. The third-order valence-electron chi connectivity index (χ3n) is 4.47. The molecule has 0 saturated heterocycles. The molecular formula is C23H30N2O2. The Morgan fingerprint density at radius 2 is 1.93 bits per heavy atom. The lowest BCUT2D eigenvalue weighted by molar-refractivity contribution is -0.130. The Balaban J connectivity index is 0.000000239.